The molecular weight excluding hydrogens is 192 g/mol. The van der Waals surface area contributed by atoms with Crippen LogP contribution in [0.25, 0.3) is 0 Å². The lowest BCUT2D eigenvalue weighted by Crippen LogP contribution is -2.46. The van der Waals surface area contributed by atoms with Crippen molar-refractivity contribution in [2.45, 2.75) is 39.2 Å². The Morgan fingerprint density at radius 3 is 2.27 bits per heavy atom. The number of amides is 2. The number of rotatable bonds is 2. The molecule has 1 rings (SSSR count). The monoisotopic (exact) mass is 212 g/mol. The van der Waals surface area contributed by atoms with Crippen LogP contribution in [0.3, 0.4) is 0 Å². The van der Waals surface area contributed by atoms with Gasteiger partial charge in [-0.25, -0.2) is 0 Å². The summed E-state index contributed by atoms with van der Waals surface area (Å²) in [6.07, 6.45) is 2.37. The molecular formula is C11H20N2O2. The maximum Gasteiger partial charge on any atom is 0.222 e. The normalized spacial score (nSPS) is 17.7. The van der Waals surface area contributed by atoms with Crippen molar-refractivity contribution >= 4 is 11.8 Å². The van der Waals surface area contributed by atoms with Gasteiger partial charge in [0.1, 0.15) is 0 Å². The minimum absolute atomic E-state index is 0.137. The molecule has 0 aromatic rings. The van der Waals surface area contributed by atoms with Crippen LogP contribution in [-0.2, 0) is 9.59 Å². The average Bonchev–Trinajstić information content (AvgIpc) is 2.27. The number of carbonyl (C=O) groups excluding carboxylic acids is 2. The molecule has 0 spiro atoms. The lowest BCUT2D eigenvalue weighted by Gasteiger charge is -2.36. The van der Waals surface area contributed by atoms with Gasteiger partial charge in [-0.2, -0.15) is 0 Å². The molecule has 4 heteroatoms. The molecule has 0 saturated carbocycles. The predicted octanol–water partition coefficient (Wildman–Crippen LogP) is 0.866. The van der Waals surface area contributed by atoms with Gasteiger partial charge in [-0.3, -0.25) is 9.59 Å². The second-order valence-corrected chi connectivity index (χ2v) is 4.10. The van der Waals surface area contributed by atoms with E-state index in [4.69, 9.17) is 0 Å². The van der Waals surface area contributed by atoms with Gasteiger partial charge in [0.25, 0.3) is 0 Å². The molecule has 4 nitrogen and oxygen atoms in total. The molecule has 2 amide bonds. The van der Waals surface area contributed by atoms with E-state index < -0.39 is 0 Å². The van der Waals surface area contributed by atoms with Crippen molar-refractivity contribution in [3.05, 3.63) is 0 Å². The van der Waals surface area contributed by atoms with Gasteiger partial charge < -0.3 is 9.80 Å². The zero-order valence-electron chi connectivity index (χ0n) is 9.82. The quantitative estimate of drug-likeness (QED) is 0.681. The van der Waals surface area contributed by atoms with E-state index in [0.29, 0.717) is 12.5 Å². The first-order valence-electron chi connectivity index (χ1n) is 5.57. The van der Waals surface area contributed by atoms with Gasteiger partial charge in [0.15, 0.2) is 0 Å². The van der Waals surface area contributed by atoms with Crippen LogP contribution in [-0.4, -0.2) is 47.8 Å². The SMILES string of the molecule is CCC(=O)N(C)C1CCN(C(C)=O)CC1. The number of likely N-dealkylation sites (tertiary alicyclic amines) is 1. The van der Waals surface area contributed by atoms with Crippen LogP contribution in [0, 0.1) is 0 Å². The van der Waals surface area contributed by atoms with E-state index in [0.717, 1.165) is 25.9 Å². The summed E-state index contributed by atoms with van der Waals surface area (Å²) in [5.74, 6) is 0.328. The lowest BCUT2D eigenvalue weighted by atomic mass is 10.0. The highest BCUT2D eigenvalue weighted by atomic mass is 16.2. The smallest absolute Gasteiger partial charge is 0.222 e. The highest BCUT2D eigenvalue weighted by molar-refractivity contribution is 5.76. The maximum atomic E-state index is 11.5. The van der Waals surface area contributed by atoms with Crippen LogP contribution in [0.4, 0.5) is 0 Å². The first kappa shape index (κ1) is 12.0. The maximum absolute atomic E-state index is 11.5. The molecule has 0 N–H and O–H groups in total. The van der Waals surface area contributed by atoms with Crippen molar-refractivity contribution in [2.24, 2.45) is 0 Å². The molecule has 0 aliphatic carbocycles. The van der Waals surface area contributed by atoms with E-state index >= 15 is 0 Å². The molecule has 0 unspecified atom stereocenters. The lowest BCUT2D eigenvalue weighted by molar-refractivity contribution is -0.134. The molecule has 1 heterocycles. The third-order valence-corrected chi connectivity index (χ3v) is 3.15. The van der Waals surface area contributed by atoms with Crippen LogP contribution >= 0.6 is 0 Å². The van der Waals surface area contributed by atoms with E-state index in [-0.39, 0.29) is 11.8 Å². The number of hydrogen-bond donors (Lipinski definition) is 0. The molecule has 0 radical (unpaired) electrons. The molecule has 1 saturated heterocycles. The Labute approximate surface area is 91.2 Å². The average molecular weight is 212 g/mol. The number of nitrogens with zero attached hydrogens (tertiary/aromatic N) is 2. The fourth-order valence-corrected chi connectivity index (χ4v) is 2.02. The van der Waals surface area contributed by atoms with Gasteiger partial charge in [-0.15, -0.1) is 0 Å². The zero-order valence-corrected chi connectivity index (χ0v) is 9.82. The Hall–Kier alpha value is -1.06. The molecule has 86 valence electrons. The van der Waals surface area contributed by atoms with Crippen LogP contribution < -0.4 is 0 Å². The second-order valence-electron chi connectivity index (χ2n) is 4.10. The van der Waals surface area contributed by atoms with Gasteiger partial charge >= 0.3 is 0 Å². The van der Waals surface area contributed by atoms with E-state index in [2.05, 4.69) is 0 Å². The molecule has 15 heavy (non-hydrogen) atoms. The van der Waals surface area contributed by atoms with Gasteiger partial charge in [-0.1, -0.05) is 6.92 Å². The Bertz CT molecular complexity index is 245. The van der Waals surface area contributed by atoms with E-state index in [1.807, 2.05) is 23.8 Å². The summed E-state index contributed by atoms with van der Waals surface area (Å²) in [5.41, 5.74) is 0. The summed E-state index contributed by atoms with van der Waals surface area (Å²) in [5, 5.41) is 0. The van der Waals surface area contributed by atoms with Crippen LogP contribution in [0.15, 0.2) is 0 Å². The first-order chi connectivity index (χ1) is 7.06. The first-order valence-corrected chi connectivity index (χ1v) is 5.57. The highest BCUT2D eigenvalue weighted by Crippen LogP contribution is 2.15. The Morgan fingerprint density at radius 2 is 1.87 bits per heavy atom. The summed E-state index contributed by atoms with van der Waals surface area (Å²) in [6.45, 7) is 5.04. The van der Waals surface area contributed by atoms with Gasteiger partial charge in [-0.05, 0) is 12.8 Å². The van der Waals surface area contributed by atoms with Crippen LogP contribution in [0.1, 0.15) is 33.1 Å². The molecule has 1 fully saturated rings. The summed E-state index contributed by atoms with van der Waals surface area (Å²) in [6, 6.07) is 0.313. The summed E-state index contributed by atoms with van der Waals surface area (Å²) in [4.78, 5) is 26.3. The number of carbonyl (C=O) groups is 2. The van der Waals surface area contributed by atoms with Crippen LogP contribution in [0.2, 0.25) is 0 Å². The molecule has 0 aromatic heterocycles. The van der Waals surface area contributed by atoms with Gasteiger partial charge in [0.2, 0.25) is 11.8 Å². The van der Waals surface area contributed by atoms with Crippen molar-refractivity contribution in [1.82, 2.24) is 9.80 Å². The van der Waals surface area contributed by atoms with E-state index in [1.54, 1.807) is 6.92 Å². The van der Waals surface area contributed by atoms with Crippen molar-refractivity contribution in [3.8, 4) is 0 Å². The zero-order chi connectivity index (χ0) is 11.4. The second kappa shape index (κ2) is 5.14. The summed E-state index contributed by atoms with van der Waals surface area (Å²) >= 11 is 0. The summed E-state index contributed by atoms with van der Waals surface area (Å²) in [7, 11) is 1.86. The minimum Gasteiger partial charge on any atom is -0.343 e. The molecule has 1 aliphatic rings. The van der Waals surface area contributed by atoms with Gasteiger partial charge in [0.05, 0.1) is 0 Å². The number of hydrogen-bond acceptors (Lipinski definition) is 2. The largest absolute Gasteiger partial charge is 0.343 e. The third-order valence-electron chi connectivity index (χ3n) is 3.15. The molecule has 0 aromatic carbocycles. The number of piperidine rings is 1. The standard InChI is InChI=1S/C11H20N2O2/c1-4-11(15)12(3)10-5-7-13(8-6-10)9(2)14/h10H,4-8H2,1-3H3. The van der Waals surface area contributed by atoms with Crippen molar-refractivity contribution in [3.63, 3.8) is 0 Å². The van der Waals surface area contributed by atoms with Gasteiger partial charge in [0, 0.05) is 39.5 Å². The van der Waals surface area contributed by atoms with Crippen molar-refractivity contribution in [1.29, 1.82) is 0 Å². The molecule has 1 aliphatic heterocycles. The van der Waals surface area contributed by atoms with Crippen LogP contribution in [0.5, 0.6) is 0 Å². The topological polar surface area (TPSA) is 40.6 Å². The van der Waals surface area contributed by atoms with Crippen molar-refractivity contribution in [2.75, 3.05) is 20.1 Å². The van der Waals surface area contributed by atoms with E-state index in [9.17, 15) is 9.59 Å². The Morgan fingerprint density at radius 1 is 1.33 bits per heavy atom. The molecule has 0 atom stereocenters. The van der Waals surface area contributed by atoms with E-state index in [1.165, 1.54) is 0 Å². The minimum atomic E-state index is 0.137. The third kappa shape index (κ3) is 2.94. The fraction of sp³-hybridized carbons (Fsp3) is 0.818. The predicted molar refractivity (Wildman–Crippen MR) is 58.3 cm³/mol. The van der Waals surface area contributed by atoms with Crippen molar-refractivity contribution < 1.29 is 9.59 Å². The molecule has 0 bridgehead atoms. The highest BCUT2D eigenvalue weighted by Gasteiger charge is 2.25. The Balaban J connectivity index is 2.43. The Kier molecular flexibility index (Phi) is 4.12. The fourth-order valence-electron chi connectivity index (χ4n) is 2.02. The summed E-state index contributed by atoms with van der Waals surface area (Å²) < 4.78 is 0.